The summed E-state index contributed by atoms with van der Waals surface area (Å²) >= 11 is 0. The van der Waals surface area contributed by atoms with E-state index in [2.05, 4.69) is 15.6 Å². The third-order valence-electron chi connectivity index (χ3n) is 3.45. The molecule has 0 aliphatic heterocycles. The molecule has 1 aromatic heterocycles. The van der Waals surface area contributed by atoms with Crippen LogP contribution >= 0.6 is 0 Å². The van der Waals surface area contributed by atoms with Crippen LogP contribution < -0.4 is 5.43 Å². The molecule has 0 bridgehead atoms. The molecule has 21 heavy (non-hydrogen) atoms. The fourth-order valence-corrected chi connectivity index (χ4v) is 2.25. The van der Waals surface area contributed by atoms with Gasteiger partial charge >= 0.3 is 6.18 Å². The Morgan fingerprint density at radius 3 is 2.90 bits per heavy atom. The van der Waals surface area contributed by atoms with Gasteiger partial charge in [0.05, 0.1) is 0 Å². The van der Waals surface area contributed by atoms with Crippen LogP contribution in [0.3, 0.4) is 0 Å². The standard InChI is InChI=1S/C13H17F3N4O/c1-9-4-2-3-5-10(9)17-18-12(21)8-20-7-6-11(19-20)13(14,15)16/h6-7,9H,2-5,8H2,1H3,(H,18,21)/b17-10+. The van der Waals surface area contributed by atoms with E-state index < -0.39 is 17.8 Å². The van der Waals surface area contributed by atoms with Gasteiger partial charge in [0, 0.05) is 11.9 Å². The monoisotopic (exact) mass is 302 g/mol. The van der Waals surface area contributed by atoms with Crippen molar-refractivity contribution < 1.29 is 18.0 Å². The molecule has 1 fully saturated rings. The lowest BCUT2D eigenvalue weighted by Crippen LogP contribution is -2.27. The average molecular weight is 302 g/mol. The van der Waals surface area contributed by atoms with Gasteiger partial charge < -0.3 is 0 Å². The zero-order valence-electron chi connectivity index (χ0n) is 11.7. The maximum absolute atomic E-state index is 12.4. The van der Waals surface area contributed by atoms with Gasteiger partial charge in [-0.15, -0.1) is 0 Å². The van der Waals surface area contributed by atoms with Crippen molar-refractivity contribution in [2.45, 2.75) is 45.3 Å². The maximum atomic E-state index is 12.4. The number of nitrogens with zero attached hydrogens (tertiary/aromatic N) is 3. The largest absolute Gasteiger partial charge is 0.435 e. The smallest absolute Gasteiger partial charge is 0.271 e. The highest BCUT2D eigenvalue weighted by Gasteiger charge is 2.33. The number of hydrazone groups is 1. The van der Waals surface area contributed by atoms with E-state index >= 15 is 0 Å². The van der Waals surface area contributed by atoms with E-state index in [-0.39, 0.29) is 6.54 Å². The van der Waals surface area contributed by atoms with Gasteiger partial charge in [0.15, 0.2) is 5.69 Å². The normalized spacial score (nSPS) is 21.5. The Bertz CT molecular complexity index is 536. The predicted molar refractivity (Wildman–Crippen MR) is 70.4 cm³/mol. The van der Waals surface area contributed by atoms with Gasteiger partial charge in [-0.3, -0.25) is 9.48 Å². The van der Waals surface area contributed by atoms with Crippen LogP contribution in [0.15, 0.2) is 17.4 Å². The average Bonchev–Trinajstić information content (AvgIpc) is 2.86. The molecule has 1 atom stereocenters. The quantitative estimate of drug-likeness (QED) is 0.872. The first-order valence-electron chi connectivity index (χ1n) is 6.82. The number of nitrogens with one attached hydrogen (secondary N) is 1. The molecule has 5 nitrogen and oxygen atoms in total. The molecule has 1 unspecified atom stereocenters. The van der Waals surface area contributed by atoms with Crippen molar-refractivity contribution >= 4 is 11.6 Å². The van der Waals surface area contributed by atoms with E-state index in [9.17, 15) is 18.0 Å². The third-order valence-corrected chi connectivity index (χ3v) is 3.45. The highest BCUT2D eigenvalue weighted by atomic mass is 19.4. The number of carbonyl (C=O) groups is 1. The van der Waals surface area contributed by atoms with E-state index in [1.807, 2.05) is 6.92 Å². The lowest BCUT2D eigenvalue weighted by atomic mass is 9.89. The fourth-order valence-electron chi connectivity index (χ4n) is 2.25. The second kappa shape index (κ2) is 6.28. The first kappa shape index (κ1) is 15.5. The molecule has 1 amide bonds. The molecule has 2 rings (SSSR count). The number of halogens is 3. The summed E-state index contributed by atoms with van der Waals surface area (Å²) in [6.07, 6.45) is 0.720. The van der Waals surface area contributed by atoms with Crippen molar-refractivity contribution in [2.75, 3.05) is 0 Å². The maximum Gasteiger partial charge on any atom is 0.435 e. The molecule has 116 valence electrons. The summed E-state index contributed by atoms with van der Waals surface area (Å²) in [5.41, 5.74) is 2.31. The predicted octanol–water partition coefficient (Wildman–Crippen LogP) is 2.58. The van der Waals surface area contributed by atoms with Crippen LogP contribution in [0.5, 0.6) is 0 Å². The van der Waals surface area contributed by atoms with Gasteiger partial charge in [-0.2, -0.15) is 23.4 Å². The molecule has 0 aromatic carbocycles. The Hall–Kier alpha value is -1.86. The highest BCUT2D eigenvalue weighted by molar-refractivity contribution is 5.88. The lowest BCUT2D eigenvalue weighted by molar-refractivity contribution is -0.141. The van der Waals surface area contributed by atoms with Gasteiger partial charge in [-0.25, -0.2) is 5.43 Å². The van der Waals surface area contributed by atoms with E-state index in [4.69, 9.17) is 0 Å². The Balaban J connectivity index is 1.90. The van der Waals surface area contributed by atoms with Gasteiger partial charge in [-0.05, 0) is 31.2 Å². The van der Waals surface area contributed by atoms with Crippen molar-refractivity contribution in [3.8, 4) is 0 Å². The Morgan fingerprint density at radius 2 is 2.29 bits per heavy atom. The summed E-state index contributed by atoms with van der Waals surface area (Å²) < 4.78 is 38.1. The Kier molecular flexibility index (Phi) is 4.64. The minimum atomic E-state index is -4.50. The summed E-state index contributed by atoms with van der Waals surface area (Å²) in [6.45, 7) is 1.76. The molecule has 0 spiro atoms. The fraction of sp³-hybridized carbons (Fsp3) is 0.615. The van der Waals surface area contributed by atoms with Crippen LogP contribution in [-0.2, 0) is 17.5 Å². The summed E-state index contributed by atoms with van der Waals surface area (Å²) in [5, 5.41) is 7.38. The van der Waals surface area contributed by atoms with Gasteiger partial charge in [0.25, 0.3) is 5.91 Å². The molecule has 1 aliphatic carbocycles. The molecular weight excluding hydrogens is 285 g/mol. The van der Waals surface area contributed by atoms with Gasteiger partial charge in [-0.1, -0.05) is 13.3 Å². The number of hydrogen-bond acceptors (Lipinski definition) is 3. The Labute approximate surface area is 120 Å². The van der Waals surface area contributed by atoms with Crippen molar-refractivity contribution in [3.05, 3.63) is 18.0 Å². The third kappa shape index (κ3) is 4.30. The molecule has 0 saturated heterocycles. The van der Waals surface area contributed by atoms with Crippen LogP contribution in [0, 0.1) is 5.92 Å². The summed E-state index contributed by atoms with van der Waals surface area (Å²) in [7, 11) is 0. The van der Waals surface area contributed by atoms with Crippen LogP contribution in [0.25, 0.3) is 0 Å². The van der Waals surface area contributed by atoms with E-state index in [1.165, 1.54) is 0 Å². The molecule has 1 aromatic rings. The van der Waals surface area contributed by atoms with Crippen LogP contribution in [-0.4, -0.2) is 21.4 Å². The summed E-state index contributed by atoms with van der Waals surface area (Å²) in [6, 6.07) is 0.836. The first-order valence-corrected chi connectivity index (χ1v) is 6.82. The molecule has 8 heteroatoms. The molecule has 1 N–H and O–H groups in total. The zero-order valence-corrected chi connectivity index (χ0v) is 11.7. The van der Waals surface area contributed by atoms with Crippen molar-refractivity contribution in [1.82, 2.24) is 15.2 Å². The number of amides is 1. The highest BCUT2D eigenvalue weighted by Crippen LogP contribution is 2.27. The minimum absolute atomic E-state index is 0.290. The number of carbonyl (C=O) groups excluding carboxylic acids is 1. The van der Waals surface area contributed by atoms with E-state index in [0.29, 0.717) is 5.92 Å². The summed E-state index contributed by atoms with van der Waals surface area (Å²) in [5.74, 6) is -0.155. The zero-order chi connectivity index (χ0) is 15.5. The SMILES string of the molecule is CC1CCCC/C1=N\NC(=O)Cn1ccc(C(F)(F)F)n1. The molecule has 1 heterocycles. The molecule has 1 saturated carbocycles. The lowest BCUT2D eigenvalue weighted by Gasteiger charge is -2.19. The van der Waals surface area contributed by atoms with Crippen LogP contribution in [0.1, 0.15) is 38.3 Å². The topological polar surface area (TPSA) is 59.3 Å². The van der Waals surface area contributed by atoms with Gasteiger partial charge in [0.1, 0.15) is 6.54 Å². The summed E-state index contributed by atoms with van der Waals surface area (Å²) in [4.78, 5) is 11.7. The first-order chi connectivity index (χ1) is 9.86. The van der Waals surface area contributed by atoms with Crippen molar-refractivity contribution in [2.24, 2.45) is 11.0 Å². The molecule has 0 radical (unpaired) electrons. The molecular formula is C13H17F3N4O. The second-order valence-corrected chi connectivity index (χ2v) is 5.18. The second-order valence-electron chi connectivity index (χ2n) is 5.18. The van der Waals surface area contributed by atoms with Crippen molar-refractivity contribution in [1.29, 1.82) is 0 Å². The van der Waals surface area contributed by atoms with Gasteiger partial charge in [0.2, 0.25) is 0 Å². The van der Waals surface area contributed by atoms with Crippen LogP contribution in [0.2, 0.25) is 0 Å². The number of rotatable bonds is 3. The minimum Gasteiger partial charge on any atom is -0.271 e. The van der Waals surface area contributed by atoms with E-state index in [1.54, 1.807) is 0 Å². The van der Waals surface area contributed by atoms with Crippen LogP contribution in [0.4, 0.5) is 13.2 Å². The van der Waals surface area contributed by atoms with E-state index in [0.717, 1.165) is 48.3 Å². The number of aromatic nitrogens is 2. The van der Waals surface area contributed by atoms with Crippen molar-refractivity contribution in [3.63, 3.8) is 0 Å². The molecule has 1 aliphatic rings. The Morgan fingerprint density at radius 1 is 1.52 bits per heavy atom. The number of hydrogen-bond donors (Lipinski definition) is 1. The number of alkyl halides is 3.